The van der Waals surface area contributed by atoms with E-state index in [1.165, 1.54) is 54.6 Å². The molecule has 1 heterocycles. The summed E-state index contributed by atoms with van der Waals surface area (Å²) in [5.41, 5.74) is 0.899. The van der Waals surface area contributed by atoms with Crippen molar-refractivity contribution in [2.24, 2.45) is 0 Å². The minimum absolute atomic E-state index is 0.137. The van der Waals surface area contributed by atoms with E-state index < -0.39 is 14.9 Å². The Bertz CT molecular complexity index is 1470. The molecule has 0 bridgehead atoms. The maximum atomic E-state index is 13.5. The van der Waals surface area contributed by atoms with Gasteiger partial charge in [0.05, 0.1) is 46.9 Å². The van der Waals surface area contributed by atoms with Crippen molar-refractivity contribution in [2.45, 2.75) is 4.90 Å². The Morgan fingerprint density at radius 3 is 2.18 bits per heavy atom. The number of fused-ring (bicyclic) bond motifs is 1. The number of para-hydroxylation sites is 1. The van der Waals surface area contributed by atoms with E-state index in [9.17, 15) is 18.5 Å². The molecule has 9 heteroatoms. The number of hydrogen-bond acceptors (Lipinski definition) is 6. The van der Waals surface area contributed by atoms with E-state index in [2.05, 4.69) is 0 Å². The Morgan fingerprint density at radius 1 is 0.879 bits per heavy atom. The zero-order chi connectivity index (χ0) is 23.6. The molecule has 0 saturated heterocycles. The maximum absolute atomic E-state index is 13.5. The number of nitro benzene ring substituents is 1. The van der Waals surface area contributed by atoms with Gasteiger partial charge in [0.2, 0.25) is 0 Å². The molecule has 3 aromatic carbocycles. The fraction of sp³-hybridized carbons (Fsp3) is 0.0833. The van der Waals surface area contributed by atoms with Crippen LogP contribution in [0.25, 0.3) is 23.1 Å². The molecule has 8 nitrogen and oxygen atoms in total. The summed E-state index contributed by atoms with van der Waals surface area (Å²) in [5.74, 6) is 0.544. The Morgan fingerprint density at radius 2 is 1.52 bits per heavy atom. The van der Waals surface area contributed by atoms with Gasteiger partial charge in [-0.2, -0.15) is 0 Å². The minimum Gasteiger partial charge on any atom is -0.493 e. The summed E-state index contributed by atoms with van der Waals surface area (Å²) in [7, 11) is -1.10. The molecule has 0 amide bonds. The van der Waals surface area contributed by atoms with Gasteiger partial charge in [-0.3, -0.25) is 10.1 Å². The molecule has 33 heavy (non-hydrogen) atoms. The highest BCUT2D eigenvalue weighted by Crippen LogP contribution is 2.36. The number of ether oxygens (including phenoxy) is 2. The first-order valence-corrected chi connectivity index (χ1v) is 11.3. The Balaban J connectivity index is 1.91. The van der Waals surface area contributed by atoms with Crippen molar-refractivity contribution in [1.29, 1.82) is 0 Å². The van der Waals surface area contributed by atoms with Crippen molar-refractivity contribution < 1.29 is 22.8 Å². The van der Waals surface area contributed by atoms with Crippen LogP contribution in [0.15, 0.2) is 77.7 Å². The summed E-state index contributed by atoms with van der Waals surface area (Å²) in [6.45, 7) is 0. The lowest BCUT2D eigenvalue weighted by Gasteiger charge is -2.11. The van der Waals surface area contributed by atoms with E-state index in [0.717, 1.165) is 5.39 Å². The van der Waals surface area contributed by atoms with Crippen molar-refractivity contribution in [3.05, 3.63) is 94.2 Å². The summed E-state index contributed by atoms with van der Waals surface area (Å²) >= 11 is 0. The lowest BCUT2D eigenvalue weighted by atomic mass is 10.1. The molecule has 4 aromatic rings. The van der Waals surface area contributed by atoms with Crippen LogP contribution >= 0.6 is 0 Å². The average Bonchev–Trinajstić information content (AvgIpc) is 3.21. The fourth-order valence-electron chi connectivity index (χ4n) is 3.58. The van der Waals surface area contributed by atoms with Crippen LogP contribution in [0.4, 0.5) is 5.69 Å². The van der Waals surface area contributed by atoms with Crippen LogP contribution in [0, 0.1) is 10.1 Å². The third-order valence-electron chi connectivity index (χ3n) is 5.14. The quantitative estimate of drug-likeness (QED) is 0.283. The maximum Gasteiger partial charge on any atom is 0.280 e. The highest BCUT2D eigenvalue weighted by Gasteiger charge is 2.22. The minimum atomic E-state index is -3.92. The molecule has 0 aliphatic carbocycles. The molecule has 0 fully saturated rings. The van der Waals surface area contributed by atoms with E-state index in [1.54, 1.807) is 36.4 Å². The zero-order valence-electron chi connectivity index (χ0n) is 17.8. The lowest BCUT2D eigenvalue weighted by Crippen LogP contribution is -2.14. The van der Waals surface area contributed by atoms with Crippen LogP contribution in [-0.2, 0) is 10.0 Å². The third-order valence-corrected chi connectivity index (χ3v) is 6.89. The first-order valence-electron chi connectivity index (χ1n) is 9.86. The molecule has 0 saturated carbocycles. The van der Waals surface area contributed by atoms with Crippen molar-refractivity contribution in [3.63, 3.8) is 0 Å². The summed E-state index contributed by atoms with van der Waals surface area (Å²) in [6.07, 6.45) is 3.03. The van der Waals surface area contributed by atoms with Crippen LogP contribution in [0.3, 0.4) is 0 Å². The number of rotatable bonds is 7. The van der Waals surface area contributed by atoms with Gasteiger partial charge in [-0.25, -0.2) is 12.4 Å². The highest BCUT2D eigenvalue weighted by molar-refractivity contribution is 7.90. The van der Waals surface area contributed by atoms with Crippen molar-refractivity contribution in [2.75, 3.05) is 14.2 Å². The molecule has 0 spiro atoms. The summed E-state index contributed by atoms with van der Waals surface area (Å²) < 4.78 is 38.6. The molecule has 0 aliphatic heterocycles. The second-order valence-corrected chi connectivity index (χ2v) is 8.85. The van der Waals surface area contributed by atoms with Crippen LogP contribution in [-0.4, -0.2) is 31.5 Å². The molecule has 1 aromatic heterocycles. The summed E-state index contributed by atoms with van der Waals surface area (Å²) in [6, 6.07) is 19.7. The molecule has 0 unspecified atom stereocenters. The van der Waals surface area contributed by atoms with Crippen LogP contribution in [0.5, 0.6) is 11.5 Å². The van der Waals surface area contributed by atoms with Crippen LogP contribution < -0.4 is 9.47 Å². The van der Waals surface area contributed by atoms with Gasteiger partial charge in [-0.05, 0) is 42.5 Å². The zero-order valence-corrected chi connectivity index (χ0v) is 18.7. The van der Waals surface area contributed by atoms with Gasteiger partial charge in [0.1, 0.15) is 0 Å². The monoisotopic (exact) mass is 464 g/mol. The second-order valence-electron chi connectivity index (χ2n) is 7.07. The Labute approximate surface area is 190 Å². The van der Waals surface area contributed by atoms with Gasteiger partial charge in [-0.15, -0.1) is 0 Å². The topological polar surface area (TPSA) is 101 Å². The smallest absolute Gasteiger partial charge is 0.280 e. The summed E-state index contributed by atoms with van der Waals surface area (Å²) in [4.78, 5) is 11.2. The first-order chi connectivity index (χ1) is 15.9. The van der Waals surface area contributed by atoms with Crippen LogP contribution in [0.1, 0.15) is 11.3 Å². The number of nitro groups is 1. The second kappa shape index (κ2) is 8.79. The third kappa shape index (κ3) is 4.06. The molecular weight excluding hydrogens is 444 g/mol. The molecule has 0 atom stereocenters. The number of aromatic nitrogens is 1. The first kappa shape index (κ1) is 22.1. The van der Waals surface area contributed by atoms with Crippen molar-refractivity contribution in [3.8, 4) is 11.5 Å². The number of nitrogens with zero attached hydrogens (tertiary/aromatic N) is 2. The van der Waals surface area contributed by atoms with E-state index >= 15 is 0 Å². The molecule has 0 N–H and O–H groups in total. The largest absolute Gasteiger partial charge is 0.493 e. The highest BCUT2D eigenvalue weighted by atomic mass is 32.2. The molecule has 168 valence electrons. The fourth-order valence-corrected chi connectivity index (χ4v) is 5.11. The molecule has 4 rings (SSSR count). The van der Waals surface area contributed by atoms with Gasteiger partial charge in [-0.1, -0.05) is 36.4 Å². The Kier molecular flexibility index (Phi) is 5.89. The number of methoxy groups -OCH3 is 2. The number of hydrogen-bond donors (Lipinski definition) is 0. The van der Waals surface area contributed by atoms with Gasteiger partial charge < -0.3 is 9.47 Å². The van der Waals surface area contributed by atoms with Gasteiger partial charge in [0, 0.05) is 5.39 Å². The van der Waals surface area contributed by atoms with Crippen LogP contribution in [0.2, 0.25) is 0 Å². The molecular formula is C24H20N2O6S. The van der Waals surface area contributed by atoms with Gasteiger partial charge in [0.15, 0.2) is 11.5 Å². The van der Waals surface area contributed by atoms with E-state index in [0.29, 0.717) is 17.0 Å². The van der Waals surface area contributed by atoms with Crippen molar-refractivity contribution >= 4 is 38.8 Å². The average molecular weight is 464 g/mol. The summed E-state index contributed by atoms with van der Waals surface area (Å²) in [5, 5.41) is 12.3. The van der Waals surface area contributed by atoms with E-state index in [-0.39, 0.29) is 21.9 Å². The normalized spacial score (nSPS) is 11.7. The molecule has 0 aliphatic rings. The number of benzene rings is 3. The van der Waals surface area contributed by atoms with E-state index in [4.69, 9.17) is 9.47 Å². The van der Waals surface area contributed by atoms with Gasteiger partial charge in [0.25, 0.3) is 15.7 Å². The predicted octanol–water partition coefficient (Wildman–Crippen LogP) is 4.97. The van der Waals surface area contributed by atoms with Gasteiger partial charge >= 0.3 is 0 Å². The molecule has 0 radical (unpaired) electrons. The van der Waals surface area contributed by atoms with Crippen molar-refractivity contribution in [1.82, 2.24) is 3.97 Å². The standard InChI is InChI=1S/C24H20N2O6S/c1-31-23-15-18(22(26(27)28)16-24(23)32-2)12-13-19-14-17-8-6-7-11-21(17)25(19)33(29,30)20-9-4-3-5-10-20/h3-16H,1-2H3/b13-12+. The van der Waals surface area contributed by atoms with E-state index in [1.807, 2.05) is 12.1 Å². The Hall–Kier alpha value is -4.11. The lowest BCUT2D eigenvalue weighted by molar-refractivity contribution is -0.385. The SMILES string of the molecule is COc1cc(/C=C/c2cc3ccccc3n2S(=O)(=O)c2ccccc2)c([N+](=O)[O-])cc1OC. The predicted molar refractivity (Wildman–Crippen MR) is 126 cm³/mol.